The Hall–Kier alpha value is -1.82. The minimum Gasteiger partial charge on any atom is -0.476 e. The van der Waals surface area contributed by atoms with Crippen molar-refractivity contribution in [3.8, 4) is 0 Å². The number of hydrogen-bond donors (Lipinski definition) is 1. The zero-order chi connectivity index (χ0) is 13.7. The van der Waals surface area contributed by atoms with Gasteiger partial charge in [0.2, 0.25) is 0 Å². The van der Waals surface area contributed by atoms with Crippen LogP contribution in [0.2, 0.25) is 0 Å². The molecule has 0 aliphatic rings. The number of aromatic nitrogens is 3. The fourth-order valence-electron chi connectivity index (χ4n) is 1.72. The van der Waals surface area contributed by atoms with E-state index in [1.807, 2.05) is 37.3 Å². The molecule has 0 radical (unpaired) electrons. The standard InChI is InChI=1S/C13H15N3O2S/c1-2-19-9-11-12(13(17)18)14-15-16(11)8-10-6-4-3-5-7-10/h3-7H,2,8-9H2,1H3,(H,17,18). The number of aromatic carboxylic acids is 1. The van der Waals surface area contributed by atoms with E-state index in [0.29, 0.717) is 18.0 Å². The highest BCUT2D eigenvalue weighted by molar-refractivity contribution is 7.98. The predicted octanol–water partition coefficient (Wildman–Crippen LogP) is 2.28. The van der Waals surface area contributed by atoms with Crippen molar-refractivity contribution in [2.75, 3.05) is 5.75 Å². The minimum atomic E-state index is -1.02. The van der Waals surface area contributed by atoms with Crippen LogP contribution in [0.1, 0.15) is 28.7 Å². The van der Waals surface area contributed by atoms with Gasteiger partial charge in [0, 0.05) is 5.75 Å². The third-order valence-electron chi connectivity index (χ3n) is 2.66. The van der Waals surface area contributed by atoms with Crippen molar-refractivity contribution in [1.82, 2.24) is 15.0 Å². The van der Waals surface area contributed by atoms with Crippen LogP contribution in [-0.2, 0) is 12.3 Å². The Balaban J connectivity index is 2.26. The average Bonchev–Trinajstić information content (AvgIpc) is 2.80. The second kappa shape index (κ2) is 6.38. The lowest BCUT2D eigenvalue weighted by Crippen LogP contribution is -2.08. The number of carbonyl (C=O) groups is 1. The molecule has 2 rings (SSSR count). The summed E-state index contributed by atoms with van der Waals surface area (Å²) >= 11 is 1.66. The molecule has 0 saturated heterocycles. The topological polar surface area (TPSA) is 68.0 Å². The Morgan fingerprint density at radius 2 is 2.11 bits per heavy atom. The zero-order valence-electron chi connectivity index (χ0n) is 10.6. The van der Waals surface area contributed by atoms with Crippen molar-refractivity contribution < 1.29 is 9.90 Å². The number of benzene rings is 1. The Labute approximate surface area is 115 Å². The van der Waals surface area contributed by atoms with Crippen LogP contribution in [0.4, 0.5) is 0 Å². The third kappa shape index (κ3) is 3.35. The van der Waals surface area contributed by atoms with E-state index in [1.165, 1.54) is 0 Å². The van der Waals surface area contributed by atoms with E-state index in [4.69, 9.17) is 5.11 Å². The first-order valence-electron chi connectivity index (χ1n) is 5.99. The first-order chi connectivity index (χ1) is 9.22. The van der Waals surface area contributed by atoms with Gasteiger partial charge in [-0.05, 0) is 11.3 Å². The predicted molar refractivity (Wildman–Crippen MR) is 74.4 cm³/mol. The van der Waals surface area contributed by atoms with Gasteiger partial charge >= 0.3 is 5.97 Å². The Kier molecular flexibility index (Phi) is 4.57. The summed E-state index contributed by atoms with van der Waals surface area (Å²) in [5.41, 5.74) is 1.80. The van der Waals surface area contributed by atoms with Gasteiger partial charge in [-0.2, -0.15) is 11.8 Å². The molecule has 0 fully saturated rings. The molecule has 0 aliphatic heterocycles. The van der Waals surface area contributed by atoms with E-state index < -0.39 is 5.97 Å². The highest BCUT2D eigenvalue weighted by Gasteiger charge is 2.18. The number of carboxylic acid groups (broad SMARTS) is 1. The van der Waals surface area contributed by atoms with Crippen molar-refractivity contribution in [1.29, 1.82) is 0 Å². The van der Waals surface area contributed by atoms with Crippen molar-refractivity contribution >= 4 is 17.7 Å². The second-order valence-electron chi connectivity index (χ2n) is 3.97. The molecular formula is C13H15N3O2S. The molecule has 0 unspecified atom stereocenters. The summed E-state index contributed by atoms with van der Waals surface area (Å²) in [4.78, 5) is 11.1. The van der Waals surface area contributed by atoms with Crippen LogP contribution in [0.25, 0.3) is 0 Å². The van der Waals surface area contributed by atoms with Gasteiger partial charge in [0.15, 0.2) is 5.69 Å². The monoisotopic (exact) mass is 277 g/mol. The average molecular weight is 277 g/mol. The Morgan fingerprint density at radius 1 is 1.37 bits per heavy atom. The highest BCUT2D eigenvalue weighted by atomic mass is 32.2. The number of nitrogens with zero attached hydrogens (tertiary/aromatic N) is 3. The van der Waals surface area contributed by atoms with Crippen LogP contribution in [0.15, 0.2) is 30.3 Å². The molecule has 2 aromatic rings. The maximum atomic E-state index is 11.1. The van der Waals surface area contributed by atoms with Gasteiger partial charge in [-0.3, -0.25) is 0 Å². The summed E-state index contributed by atoms with van der Waals surface area (Å²) in [6, 6.07) is 9.81. The number of hydrogen-bond acceptors (Lipinski definition) is 4. The maximum absolute atomic E-state index is 11.1. The lowest BCUT2D eigenvalue weighted by atomic mass is 10.2. The second-order valence-corrected chi connectivity index (χ2v) is 5.24. The molecule has 100 valence electrons. The molecule has 1 aromatic heterocycles. The molecule has 0 aliphatic carbocycles. The number of thioether (sulfide) groups is 1. The van der Waals surface area contributed by atoms with Gasteiger partial charge in [0.25, 0.3) is 0 Å². The summed E-state index contributed by atoms with van der Waals surface area (Å²) in [5, 5.41) is 16.8. The van der Waals surface area contributed by atoms with Crippen LogP contribution in [0.5, 0.6) is 0 Å². The summed E-state index contributed by atoms with van der Waals surface area (Å²) < 4.78 is 1.67. The minimum absolute atomic E-state index is 0.0527. The van der Waals surface area contributed by atoms with Crippen molar-refractivity contribution in [2.45, 2.75) is 19.2 Å². The van der Waals surface area contributed by atoms with E-state index in [-0.39, 0.29) is 5.69 Å². The van der Waals surface area contributed by atoms with Crippen molar-refractivity contribution in [3.63, 3.8) is 0 Å². The molecule has 5 nitrogen and oxygen atoms in total. The van der Waals surface area contributed by atoms with Crippen LogP contribution >= 0.6 is 11.8 Å². The lowest BCUT2D eigenvalue weighted by molar-refractivity contribution is 0.0689. The van der Waals surface area contributed by atoms with Gasteiger partial charge in [-0.1, -0.05) is 42.5 Å². The molecule has 0 bridgehead atoms. The molecule has 0 spiro atoms. The molecule has 0 saturated carbocycles. The molecule has 1 heterocycles. The number of carboxylic acids is 1. The molecule has 6 heteroatoms. The third-order valence-corrected chi connectivity index (χ3v) is 3.54. The quantitative estimate of drug-likeness (QED) is 0.877. The molecule has 1 aromatic carbocycles. The maximum Gasteiger partial charge on any atom is 0.358 e. The zero-order valence-corrected chi connectivity index (χ0v) is 11.4. The van der Waals surface area contributed by atoms with Crippen LogP contribution in [0, 0.1) is 0 Å². The molecule has 0 amide bonds. The van der Waals surface area contributed by atoms with E-state index in [1.54, 1.807) is 16.4 Å². The Bertz CT molecular complexity index is 554. The van der Waals surface area contributed by atoms with Gasteiger partial charge in [-0.25, -0.2) is 9.48 Å². The van der Waals surface area contributed by atoms with Crippen molar-refractivity contribution in [2.24, 2.45) is 0 Å². The number of rotatable bonds is 6. The largest absolute Gasteiger partial charge is 0.476 e. The van der Waals surface area contributed by atoms with Crippen LogP contribution < -0.4 is 0 Å². The Morgan fingerprint density at radius 3 is 2.74 bits per heavy atom. The van der Waals surface area contributed by atoms with E-state index in [9.17, 15) is 4.79 Å². The van der Waals surface area contributed by atoms with Crippen LogP contribution in [0.3, 0.4) is 0 Å². The van der Waals surface area contributed by atoms with Gasteiger partial charge in [0.1, 0.15) is 0 Å². The SMILES string of the molecule is CCSCc1c(C(=O)O)nnn1Cc1ccccc1. The summed E-state index contributed by atoms with van der Waals surface area (Å²) in [6.07, 6.45) is 0. The smallest absolute Gasteiger partial charge is 0.358 e. The van der Waals surface area contributed by atoms with E-state index in [2.05, 4.69) is 10.3 Å². The summed E-state index contributed by atoms with van der Waals surface area (Å²) in [6.45, 7) is 2.58. The van der Waals surface area contributed by atoms with Gasteiger partial charge in [-0.15, -0.1) is 5.10 Å². The highest BCUT2D eigenvalue weighted by Crippen LogP contribution is 2.16. The van der Waals surface area contributed by atoms with E-state index >= 15 is 0 Å². The van der Waals surface area contributed by atoms with Crippen LogP contribution in [-0.4, -0.2) is 31.8 Å². The normalized spacial score (nSPS) is 10.6. The molecule has 19 heavy (non-hydrogen) atoms. The van der Waals surface area contributed by atoms with E-state index in [0.717, 1.165) is 11.3 Å². The van der Waals surface area contributed by atoms with Gasteiger partial charge < -0.3 is 5.11 Å². The van der Waals surface area contributed by atoms with Crippen molar-refractivity contribution in [3.05, 3.63) is 47.3 Å². The summed E-state index contributed by atoms with van der Waals surface area (Å²) in [7, 11) is 0. The lowest BCUT2D eigenvalue weighted by Gasteiger charge is -2.06. The van der Waals surface area contributed by atoms with Gasteiger partial charge in [0.05, 0.1) is 12.2 Å². The fraction of sp³-hybridized carbons (Fsp3) is 0.308. The first kappa shape index (κ1) is 13.6. The molecular weight excluding hydrogens is 262 g/mol. The first-order valence-corrected chi connectivity index (χ1v) is 7.15. The molecule has 0 atom stereocenters. The fourth-order valence-corrected chi connectivity index (χ4v) is 2.41. The molecule has 1 N–H and O–H groups in total. The summed E-state index contributed by atoms with van der Waals surface area (Å²) in [5.74, 6) is 0.513.